The summed E-state index contributed by atoms with van der Waals surface area (Å²) in [4.78, 5) is 24.6. The van der Waals surface area contributed by atoms with Gasteiger partial charge in [0.05, 0.1) is 25.4 Å². The number of carbonyl (C=O) groups excluding carboxylic acids is 2. The number of hydrogen-bond donors (Lipinski definition) is 3. The highest BCUT2D eigenvalue weighted by Crippen LogP contribution is 2.18. The quantitative estimate of drug-likeness (QED) is 0.0320. The highest BCUT2D eigenvalue weighted by atomic mass is 16.5. The van der Waals surface area contributed by atoms with Crippen LogP contribution in [0, 0.1) is 0 Å². The molecule has 0 saturated heterocycles. The molecule has 6 heteroatoms. The molecule has 2 unspecified atom stereocenters. The summed E-state index contributed by atoms with van der Waals surface area (Å²) in [7, 11) is 0. The predicted octanol–water partition coefficient (Wildman–Crippen LogP) is 20.2. The molecule has 0 aromatic rings. The Morgan fingerprint density at radius 3 is 1.00 bits per heavy atom. The van der Waals surface area contributed by atoms with E-state index in [-0.39, 0.29) is 18.5 Å². The second-order valence-electron chi connectivity index (χ2n) is 22.1. The predicted molar refractivity (Wildman–Crippen MR) is 310 cm³/mol. The van der Waals surface area contributed by atoms with Crippen LogP contribution in [0.5, 0.6) is 0 Å². The average molecular weight is 1000 g/mol. The molecular formula is C65H125NO5. The zero-order valence-electron chi connectivity index (χ0n) is 48.0. The first kappa shape index (κ1) is 69.3. The smallest absolute Gasteiger partial charge is 0.305 e. The maximum Gasteiger partial charge on any atom is 0.305 e. The Labute approximate surface area is 443 Å². The van der Waals surface area contributed by atoms with E-state index in [1.165, 1.54) is 244 Å². The number of esters is 1. The number of nitrogens with one attached hydrogen (secondary N) is 1. The average Bonchev–Trinajstić information content (AvgIpc) is 3.37. The molecule has 420 valence electrons. The summed E-state index contributed by atoms with van der Waals surface area (Å²) >= 11 is 0. The van der Waals surface area contributed by atoms with E-state index < -0.39 is 12.1 Å². The molecule has 3 N–H and O–H groups in total. The fraction of sp³-hybridized carbons (Fsp3) is 0.908. The fourth-order valence-electron chi connectivity index (χ4n) is 10.0. The zero-order valence-corrected chi connectivity index (χ0v) is 48.0. The van der Waals surface area contributed by atoms with Gasteiger partial charge in [-0.25, -0.2) is 0 Å². The Bertz CT molecular complexity index is 1110. The molecule has 0 aliphatic carbocycles. The lowest BCUT2D eigenvalue weighted by atomic mass is 10.0. The van der Waals surface area contributed by atoms with Crippen LogP contribution >= 0.6 is 0 Å². The summed E-state index contributed by atoms with van der Waals surface area (Å²) in [6, 6.07) is -0.562. The van der Waals surface area contributed by atoms with Crippen LogP contribution in [0.15, 0.2) is 24.3 Å². The standard InChI is InChI=1S/C65H125NO5/c1-3-5-7-9-11-13-15-17-19-21-22-23-24-25-26-27-28-30-31-33-37-41-45-49-53-57-63(68)62(61-67)66-64(69)58-54-50-46-42-38-35-36-40-44-48-52-56-60-71-65(70)59-55-51-47-43-39-34-32-29-20-18-16-14-12-10-8-6-4-2/h18,20,36,40,62-63,67-68H,3-17,19,21-35,37-39,41-61H2,1-2H3,(H,66,69)/b20-18-,40-36-. The fourth-order valence-corrected chi connectivity index (χ4v) is 10.0. The molecule has 0 saturated carbocycles. The Kier molecular flexibility index (Phi) is 59.5. The third-order valence-electron chi connectivity index (χ3n) is 15.0. The van der Waals surface area contributed by atoms with Crippen molar-refractivity contribution in [3.05, 3.63) is 24.3 Å². The van der Waals surface area contributed by atoms with Gasteiger partial charge in [-0.3, -0.25) is 9.59 Å². The zero-order chi connectivity index (χ0) is 51.4. The molecule has 0 fully saturated rings. The van der Waals surface area contributed by atoms with Crippen molar-refractivity contribution in [2.24, 2.45) is 0 Å². The van der Waals surface area contributed by atoms with Crippen LogP contribution in [0.3, 0.4) is 0 Å². The summed E-state index contributed by atoms with van der Waals surface area (Å²) in [6.07, 6.45) is 74.8. The summed E-state index contributed by atoms with van der Waals surface area (Å²) in [5.74, 6) is -0.0820. The first-order chi connectivity index (χ1) is 35.0. The normalized spacial score (nSPS) is 12.7. The molecule has 0 radical (unpaired) electrons. The topological polar surface area (TPSA) is 95.9 Å². The van der Waals surface area contributed by atoms with E-state index in [0.717, 1.165) is 77.0 Å². The van der Waals surface area contributed by atoms with Gasteiger partial charge >= 0.3 is 5.97 Å². The summed E-state index contributed by atoms with van der Waals surface area (Å²) in [5.41, 5.74) is 0. The minimum absolute atomic E-state index is 0.0249. The lowest BCUT2D eigenvalue weighted by Gasteiger charge is -2.22. The molecule has 6 nitrogen and oxygen atoms in total. The number of rotatable bonds is 60. The number of aliphatic hydroxyl groups excluding tert-OH is 2. The molecule has 0 rings (SSSR count). The SMILES string of the molecule is CCCCCCCC/C=C\CCCCCCCCCC(=O)OCCCCC/C=C\CCCCCCCC(=O)NC(CO)C(O)CCCCCCCCCCCCCCCCCCCCCCCCCCC. The molecule has 0 bridgehead atoms. The number of allylic oxidation sites excluding steroid dienone is 4. The van der Waals surface area contributed by atoms with Crippen LogP contribution in [0.1, 0.15) is 354 Å². The van der Waals surface area contributed by atoms with Crippen molar-refractivity contribution in [3.8, 4) is 0 Å². The van der Waals surface area contributed by atoms with Gasteiger partial charge in [-0.15, -0.1) is 0 Å². The Morgan fingerprint density at radius 2 is 0.662 bits per heavy atom. The number of unbranched alkanes of at least 4 members (excludes halogenated alkanes) is 45. The van der Waals surface area contributed by atoms with Gasteiger partial charge in [0.1, 0.15) is 0 Å². The third kappa shape index (κ3) is 57.5. The first-order valence-corrected chi connectivity index (χ1v) is 32.1. The minimum atomic E-state index is -0.682. The molecular weight excluding hydrogens is 875 g/mol. The van der Waals surface area contributed by atoms with Crippen molar-refractivity contribution in [1.29, 1.82) is 0 Å². The van der Waals surface area contributed by atoms with E-state index in [1.54, 1.807) is 0 Å². The van der Waals surface area contributed by atoms with E-state index in [2.05, 4.69) is 43.5 Å². The van der Waals surface area contributed by atoms with Gasteiger partial charge in [0.15, 0.2) is 0 Å². The Balaban J connectivity index is 3.47. The van der Waals surface area contributed by atoms with Gasteiger partial charge in [-0.2, -0.15) is 0 Å². The Morgan fingerprint density at radius 1 is 0.380 bits per heavy atom. The van der Waals surface area contributed by atoms with E-state index >= 15 is 0 Å². The van der Waals surface area contributed by atoms with Crippen LogP contribution in [0.2, 0.25) is 0 Å². The van der Waals surface area contributed by atoms with Gasteiger partial charge in [0.25, 0.3) is 0 Å². The van der Waals surface area contributed by atoms with Crippen LogP contribution in [-0.4, -0.2) is 47.4 Å². The first-order valence-electron chi connectivity index (χ1n) is 32.1. The number of carbonyl (C=O) groups is 2. The van der Waals surface area contributed by atoms with E-state index in [1.807, 2.05) is 0 Å². The summed E-state index contributed by atoms with van der Waals surface area (Å²) in [5, 5.41) is 23.4. The van der Waals surface area contributed by atoms with Crippen molar-refractivity contribution in [2.45, 2.75) is 366 Å². The van der Waals surface area contributed by atoms with Crippen molar-refractivity contribution in [3.63, 3.8) is 0 Å². The molecule has 0 aliphatic heterocycles. The van der Waals surface area contributed by atoms with Gasteiger partial charge in [0, 0.05) is 12.8 Å². The summed E-state index contributed by atoms with van der Waals surface area (Å²) < 4.78 is 5.47. The van der Waals surface area contributed by atoms with Crippen molar-refractivity contribution in [2.75, 3.05) is 13.2 Å². The van der Waals surface area contributed by atoms with E-state index in [9.17, 15) is 19.8 Å². The van der Waals surface area contributed by atoms with Crippen LogP contribution in [0.4, 0.5) is 0 Å². The van der Waals surface area contributed by atoms with E-state index in [0.29, 0.717) is 25.9 Å². The van der Waals surface area contributed by atoms with Crippen molar-refractivity contribution < 1.29 is 24.5 Å². The van der Waals surface area contributed by atoms with Gasteiger partial charge in [0.2, 0.25) is 5.91 Å². The van der Waals surface area contributed by atoms with Crippen LogP contribution in [0.25, 0.3) is 0 Å². The maximum absolute atomic E-state index is 12.5. The molecule has 0 spiro atoms. The summed E-state index contributed by atoms with van der Waals surface area (Å²) in [6.45, 7) is 4.92. The van der Waals surface area contributed by atoms with E-state index in [4.69, 9.17) is 4.74 Å². The number of hydrogen-bond acceptors (Lipinski definition) is 5. The molecule has 0 aliphatic rings. The monoisotopic (exact) mass is 1000 g/mol. The molecule has 0 aromatic carbocycles. The second kappa shape index (κ2) is 60.9. The van der Waals surface area contributed by atoms with Crippen LogP contribution < -0.4 is 5.32 Å². The largest absolute Gasteiger partial charge is 0.466 e. The lowest BCUT2D eigenvalue weighted by molar-refractivity contribution is -0.143. The van der Waals surface area contributed by atoms with Gasteiger partial charge in [-0.1, -0.05) is 282 Å². The number of amides is 1. The molecule has 2 atom stereocenters. The number of ether oxygens (including phenoxy) is 1. The van der Waals surface area contributed by atoms with Crippen molar-refractivity contribution >= 4 is 11.9 Å². The molecule has 0 aromatic heterocycles. The highest BCUT2D eigenvalue weighted by Gasteiger charge is 2.20. The Hall–Kier alpha value is -1.66. The minimum Gasteiger partial charge on any atom is -0.466 e. The number of aliphatic hydroxyl groups is 2. The highest BCUT2D eigenvalue weighted by molar-refractivity contribution is 5.76. The molecule has 1 amide bonds. The van der Waals surface area contributed by atoms with Gasteiger partial charge < -0.3 is 20.3 Å². The second-order valence-corrected chi connectivity index (χ2v) is 22.1. The van der Waals surface area contributed by atoms with Gasteiger partial charge in [-0.05, 0) is 83.5 Å². The van der Waals surface area contributed by atoms with Crippen LogP contribution in [-0.2, 0) is 14.3 Å². The molecule has 0 heterocycles. The third-order valence-corrected chi connectivity index (χ3v) is 15.0. The van der Waals surface area contributed by atoms with Crippen molar-refractivity contribution in [1.82, 2.24) is 5.32 Å². The molecule has 71 heavy (non-hydrogen) atoms. The lowest BCUT2D eigenvalue weighted by Crippen LogP contribution is -2.45. The maximum atomic E-state index is 12.5.